The lowest BCUT2D eigenvalue weighted by molar-refractivity contribution is -0.133. The number of halogens is 2. The van der Waals surface area contributed by atoms with Crippen LogP contribution in [0.15, 0.2) is 36.4 Å². The normalized spacial score (nSPS) is 10.9. The van der Waals surface area contributed by atoms with E-state index in [0.717, 1.165) is 12.2 Å². The van der Waals surface area contributed by atoms with Crippen molar-refractivity contribution in [1.29, 1.82) is 0 Å². The molecule has 0 atom stereocenters. The van der Waals surface area contributed by atoms with Gasteiger partial charge in [-0.15, -0.1) is 0 Å². The SMILES string of the molecule is COc1cc(/C=C/[13C](=O)Cl)cc(-c2cc(/C=C/[13C](=O)Cl)cc(OC)c2OC(C)=O)c1OC(C)=O. The molecule has 0 saturated heterocycles. The smallest absolute Gasteiger partial charge is 0.308 e. The Labute approximate surface area is 205 Å². The molecule has 0 fully saturated rings. The third kappa shape index (κ3) is 7.19. The van der Waals surface area contributed by atoms with E-state index in [1.54, 1.807) is 12.1 Å². The number of benzene rings is 2. The Hall–Kier alpha value is -3.62. The van der Waals surface area contributed by atoms with E-state index in [-0.39, 0.29) is 34.1 Å². The molecule has 0 aliphatic heterocycles. The first-order valence-corrected chi connectivity index (χ1v) is 10.4. The zero-order chi connectivity index (χ0) is 25.4. The molecule has 0 amide bonds. The number of esters is 2. The lowest BCUT2D eigenvalue weighted by atomic mass is 9.97. The van der Waals surface area contributed by atoms with Crippen LogP contribution >= 0.6 is 23.2 Å². The summed E-state index contributed by atoms with van der Waals surface area (Å²) >= 11 is 10.8. The number of rotatable bonds is 9. The van der Waals surface area contributed by atoms with Crippen LogP contribution in [0.4, 0.5) is 0 Å². The summed E-state index contributed by atoms with van der Waals surface area (Å²) in [6.07, 6.45) is 5.12. The summed E-state index contributed by atoms with van der Waals surface area (Å²) in [5.41, 5.74) is 1.44. The molecule has 0 aliphatic rings. The predicted octanol–water partition coefficient (Wildman–Crippen LogP) is 4.78. The van der Waals surface area contributed by atoms with Crippen LogP contribution in [0.3, 0.4) is 0 Å². The van der Waals surface area contributed by atoms with Gasteiger partial charge in [0, 0.05) is 25.0 Å². The molecule has 34 heavy (non-hydrogen) atoms. The van der Waals surface area contributed by atoms with E-state index < -0.39 is 22.4 Å². The number of ether oxygens (including phenoxy) is 4. The second-order valence-corrected chi connectivity index (χ2v) is 7.41. The molecule has 10 heteroatoms. The van der Waals surface area contributed by atoms with Crippen LogP contribution in [0, 0.1) is 0 Å². The number of allylic oxidation sites excluding steroid dienone is 2. The van der Waals surface area contributed by atoms with Gasteiger partial charge >= 0.3 is 11.9 Å². The molecular weight excluding hydrogens is 489 g/mol. The van der Waals surface area contributed by atoms with Crippen LogP contribution in [0.5, 0.6) is 23.0 Å². The van der Waals surface area contributed by atoms with E-state index in [1.807, 2.05) is 0 Å². The second kappa shape index (κ2) is 12.0. The topological polar surface area (TPSA) is 105 Å². The van der Waals surface area contributed by atoms with Crippen LogP contribution in [0.25, 0.3) is 23.3 Å². The zero-order valence-electron chi connectivity index (χ0n) is 18.6. The van der Waals surface area contributed by atoms with Gasteiger partial charge in [0.15, 0.2) is 23.0 Å². The summed E-state index contributed by atoms with van der Waals surface area (Å²) in [6.45, 7) is 2.42. The highest BCUT2D eigenvalue weighted by molar-refractivity contribution is 6.67. The fraction of sp³-hybridized carbons (Fsp3) is 0.167. The van der Waals surface area contributed by atoms with E-state index in [1.165, 1.54) is 52.4 Å². The van der Waals surface area contributed by atoms with E-state index in [4.69, 9.17) is 42.1 Å². The van der Waals surface area contributed by atoms with Crippen LogP contribution < -0.4 is 18.9 Å². The monoisotopic (exact) mass is 508 g/mol. The highest BCUT2D eigenvalue weighted by Crippen LogP contribution is 2.47. The van der Waals surface area contributed by atoms with E-state index in [0.29, 0.717) is 11.1 Å². The maximum atomic E-state index is 11.9. The van der Waals surface area contributed by atoms with Crippen LogP contribution in [-0.4, -0.2) is 36.6 Å². The van der Waals surface area contributed by atoms with Crippen molar-refractivity contribution in [2.24, 2.45) is 0 Å². The Kier molecular flexibility index (Phi) is 9.41. The first-order chi connectivity index (χ1) is 16.0. The number of carbonyl (C=O) groups excluding carboxylic acids is 4. The predicted molar refractivity (Wildman–Crippen MR) is 127 cm³/mol. The molecule has 0 unspecified atom stereocenters. The van der Waals surface area contributed by atoms with Crippen molar-refractivity contribution in [2.75, 3.05) is 14.2 Å². The van der Waals surface area contributed by atoms with Gasteiger partial charge in [-0.1, -0.05) is 0 Å². The first kappa shape index (κ1) is 26.6. The summed E-state index contributed by atoms with van der Waals surface area (Å²) in [7, 11) is 2.73. The van der Waals surface area contributed by atoms with Gasteiger partial charge < -0.3 is 18.9 Å². The fourth-order valence-electron chi connectivity index (χ4n) is 2.96. The summed E-state index contributed by atoms with van der Waals surface area (Å²) in [4.78, 5) is 46.2. The van der Waals surface area contributed by atoms with Gasteiger partial charge in [0.2, 0.25) is 10.5 Å². The standard InChI is InChI=1S/C24H20Cl2O8/c1-13(27)33-23-17(9-15(5-7-21(25)29)11-19(23)31-3)18-10-16(6-8-22(26)30)12-20(32-4)24(18)34-14(2)28/h5-12H,1-4H3/b7-5+,8-6+/i21+1,22+1. The molecule has 0 heterocycles. The van der Waals surface area contributed by atoms with Crippen molar-refractivity contribution < 1.29 is 38.1 Å². The average Bonchev–Trinajstić information content (AvgIpc) is 2.76. The second-order valence-electron chi connectivity index (χ2n) is 6.66. The van der Waals surface area contributed by atoms with Gasteiger partial charge in [-0.05, 0) is 82.9 Å². The van der Waals surface area contributed by atoms with Crippen molar-refractivity contribution in [3.63, 3.8) is 0 Å². The third-order valence-corrected chi connectivity index (χ3v) is 4.44. The summed E-state index contributed by atoms with van der Waals surface area (Å²) < 4.78 is 21.6. The largest absolute Gasteiger partial charge is 0.493 e. The van der Waals surface area contributed by atoms with Crippen LogP contribution in [-0.2, 0) is 19.2 Å². The lowest BCUT2D eigenvalue weighted by Crippen LogP contribution is -2.08. The molecule has 0 aromatic heterocycles. The molecule has 178 valence electrons. The molecule has 8 nitrogen and oxygen atoms in total. The Morgan fingerprint density at radius 2 is 1.03 bits per heavy atom. The van der Waals surface area contributed by atoms with Crippen LogP contribution in [0.1, 0.15) is 25.0 Å². The van der Waals surface area contributed by atoms with Crippen molar-refractivity contribution >= 4 is 57.8 Å². The molecule has 2 aromatic carbocycles. The van der Waals surface area contributed by atoms with E-state index >= 15 is 0 Å². The molecule has 0 aliphatic carbocycles. The average molecular weight is 509 g/mol. The zero-order valence-corrected chi connectivity index (χ0v) is 20.2. The van der Waals surface area contributed by atoms with Gasteiger partial charge in [-0.25, -0.2) is 0 Å². The van der Waals surface area contributed by atoms with Crippen molar-refractivity contribution in [3.8, 4) is 34.1 Å². The van der Waals surface area contributed by atoms with E-state index in [9.17, 15) is 19.2 Å². The fourth-order valence-corrected chi connectivity index (χ4v) is 3.09. The minimum Gasteiger partial charge on any atom is -0.493 e. The molecule has 0 bridgehead atoms. The highest BCUT2D eigenvalue weighted by atomic mass is 35.5. The van der Waals surface area contributed by atoms with Gasteiger partial charge in [0.25, 0.3) is 0 Å². The minimum atomic E-state index is -0.704. The van der Waals surface area contributed by atoms with Crippen molar-refractivity contribution in [2.45, 2.75) is 13.8 Å². The molecule has 0 spiro atoms. The molecule has 0 saturated carbocycles. The number of hydrogen-bond donors (Lipinski definition) is 0. The molecule has 2 rings (SSSR count). The Morgan fingerprint density at radius 1 is 0.676 bits per heavy atom. The molecule has 2 aromatic rings. The highest BCUT2D eigenvalue weighted by Gasteiger charge is 2.23. The molecule has 0 N–H and O–H groups in total. The Balaban J connectivity index is 2.98. The number of carbonyl (C=O) groups is 4. The van der Waals surface area contributed by atoms with Gasteiger partial charge in [-0.2, -0.15) is 0 Å². The third-order valence-electron chi connectivity index (χ3n) is 4.19. The van der Waals surface area contributed by atoms with E-state index in [2.05, 4.69) is 0 Å². The Bertz CT molecular complexity index is 1100. The summed E-state index contributed by atoms with van der Waals surface area (Å²) in [5.74, 6) is -0.922. The molecule has 0 radical (unpaired) electrons. The quantitative estimate of drug-likeness (QED) is 0.156. The minimum absolute atomic E-state index is 0.0226. The number of methoxy groups -OCH3 is 2. The van der Waals surface area contributed by atoms with Gasteiger partial charge in [0.05, 0.1) is 14.2 Å². The first-order valence-electron chi connectivity index (χ1n) is 9.62. The van der Waals surface area contributed by atoms with Crippen molar-refractivity contribution in [3.05, 3.63) is 47.5 Å². The lowest BCUT2D eigenvalue weighted by Gasteiger charge is -2.19. The summed E-state index contributed by atoms with van der Waals surface area (Å²) in [5, 5.41) is -1.41. The Morgan fingerprint density at radius 3 is 1.29 bits per heavy atom. The number of hydrogen-bond acceptors (Lipinski definition) is 8. The van der Waals surface area contributed by atoms with Gasteiger partial charge in [-0.3, -0.25) is 19.2 Å². The maximum absolute atomic E-state index is 11.9. The van der Waals surface area contributed by atoms with Gasteiger partial charge in [0.1, 0.15) is 0 Å². The van der Waals surface area contributed by atoms with Crippen molar-refractivity contribution in [1.82, 2.24) is 0 Å². The summed E-state index contributed by atoms with van der Waals surface area (Å²) in [6, 6.07) is 6.19. The maximum Gasteiger partial charge on any atom is 0.308 e. The van der Waals surface area contributed by atoms with Crippen LogP contribution in [0.2, 0.25) is 0 Å². The molecular formula is C24H20Cl2O8.